The van der Waals surface area contributed by atoms with Crippen LogP contribution in [-0.4, -0.2) is 41.1 Å². The van der Waals surface area contributed by atoms with Crippen molar-refractivity contribution in [2.45, 2.75) is 58.0 Å². The SMILES string of the molecule is Cc1ccc(Oc2ccc(OC3CCN(C(=O)Oc4ccc(NC(=O)C5CCCCC5)cc4)CC3)cc2)nc1. The maximum atomic E-state index is 12.7. The van der Waals surface area contributed by atoms with E-state index in [4.69, 9.17) is 14.2 Å². The van der Waals surface area contributed by atoms with Crippen LogP contribution >= 0.6 is 0 Å². The number of nitrogens with one attached hydrogen (secondary N) is 1. The lowest BCUT2D eigenvalue weighted by molar-refractivity contribution is -0.120. The topological polar surface area (TPSA) is 90.0 Å². The molecule has 3 aromatic rings. The van der Waals surface area contributed by atoms with Crippen LogP contribution in [-0.2, 0) is 4.79 Å². The van der Waals surface area contributed by atoms with Crippen LogP contribution in [0.2, 0.25) is 0 Å². The highest BCUT2D eigenvalue weighted by Crippen LogP contribution is 2.27. The van der Waals surface area contributed by atoms with Gasteiger partial charge in [-0.1, -0.05) is 25.3 Å². The van der Waals surface area contributed by atoms with Gasteiger partial charge in [0.1, 0.15) is 23.4 Å². The summed E-state index contributed by atoms with van der Waals surface area (Å²) in [6.07, 6.45) is 8.20. The van der Waals surface area contributed by atoms with Crippen LogP contribution in [0.15, 0.2) is 66.9 Å². The van der Waals surface area contributed by atoms with Crippen LogP contribution < -0.4 is 19.5 Å². The molecule has 1 N–H and O–H groups in total. The Morgan fingerprint density at radius 1 is 0.821 bits per heavy atom. The van der Waals surface area contributed by atoms with E-state index in [1.807, 2.05) is 43.3 Å². The predicted molar refractivity (Wildman–Crippen MR) is 148 cm³/mol. The zero-order valence-electron chi connectivity index (χ0n) is 22.3. The molecule has 0 bridgehead atoms. The number of pyridine rings is 1. The third-order valence-corrected chi connectivity index (χ3v) is 7.24. The molecular formula is C31H35N3O5. The van der Waals surface area contributed by atoms with E-state index in [1.165, 1.54) is 6.42 Å². The van der Waals surface area contributed by atoms with Crippen molar-refractivity contribution in [1.82, 2.24) is 9.88 Å². The predicted octanol–water partition coefficient (Wildman–Crippen LogP) is 6.74. The summed E-state index contributed by atoms with van der Waals surface area (Å²) in [7, 11) is 0. The lowest BCUT2D eigenvalue weighted by Gasteiger charge is -2.31. The largest absolute Gasteiger partial charge is 0.490 e. The maximum absolute atomic E-state index is 12.7. The number of ether oxygens (including phenoxy) is 3. The molecule has 1 aromatic heterocycles. The fraction of sp³-hybridized carbons (Fsp3) is 0.387. The first-order valence-electron chi connectivity index (χ1n) is 13.8. The van der Waals surface area contributed by atoms with Gasteiger partial charge in [-0.3, -0.25) is 4.79 Å². The lowest BCUT2D eigenvalue weighted by atomic mass is 9.88. The van der Waals surface area contributed by atoms with Crippen LogP contribution in [0.1, 0.15) is 50.5 Å². The summed E-state index contributed by atoms with van der Waals surface area (Å²) in [6.45, 7) is 3.09. The van der Waals surface area contributed by atoms with Crippen LogP contribution in [0.25, 0.3) is 0 Å². The Balaban J connectivity index is 1.04. The summed E-state index contributed by atoms with van der Waals surface area (Å²) >= 11 is 0. The van der Waals surface area contributed by atoms with Crippen molar-refractivity contribution in [2.75, 3.05) is 18.4 Å². The zero-order chi connectivity index (χ0) is 27.0. The molecule has 8 heteroatoms. The fourth-order valence-corrected chi connectivity index (χ4v) is 4.95. The van der Waals surface area contributed by atoms with E-state index in [2.05, 4.69) is 10.3 Å². The number of rotatable bonds is 7. The molecule has 0 radical (unpaired) electrons. The first-order valence-corrected chi connectivity index (χ1v) is 13.8. The second kappa shape index (κ2) is 12.7. The number of likely N-dealkylation sites (tertiary alicyclic amines) is 1. The summed E-state index contributed by atoms with van der Waals surface area (Å²) < 4.78 is 17.5. The molecule has 0 atom stereocenters. The maximum Gasteiger partial charge on any atom is 0.415 e. The second-order valence-corrected chi connectivity index (χ2v) is 10.3. The van der Waals surface area contributed by atoms with Gasteiger partial charge in [-0.25, -0.2) is 9.78 Å². The van der Waals surface area contributed by atoms with Gasteiger partial charge in [0.05, 0.1) is 0 Å². The van der Waals surface area contributed by atoms with Crippen LogP contribution in [0.5, 0.6) is 23.1 Å². The lowest BCUT2D eigenvalue weighted by Crippen LogP contribution is -2.43. The number of piperidine rings is 1. The van der Waals surface area contributed by atoms with E-state index in [0.717, 1.165) is 42.7 Å². The van der Waals surface area contributed by atoms with Gasteiger partial charge in [-0.05, 0) is 73.9 Å². The fourth-order valence-electron chi connectivity index (χ4n) is 4.95. The van der Waals surface area contributed by atoms with Crippen molar-refractivity contribution >= 4 is 17.7 Å². The van der Waals surface area contributed by atoms with Gasteiger partial charge < -0.3 is 24.4 Å². The van der Waals surface area contributed by atoms with Crippen LogP contribution in [0.3, 0.4) is 0 Å². The molecule has 1 saturated heterocycles. The minimum atomic E-state index is -0.376. The van der Waals surface area contributed by atoms with Gasteiger partial charge in [-0.2, -0.15) is 0 Å². The smallest absolute Gasteiger partial charge is 0.415 e. The van der Waals surface area contributed by atoms with Gasteiger partial charge in [0.2, 0.25) is 11.8 Å². The number of hydrogen-bond donors (Lipinski definition) is 1. The van der Waals surface area contributed by atoms with Crippen molar-refractivity contribution in [1.29, 1.82) is 0 Å². The highest BCUT2D eigenvalue weighted by molar-refractivity contribution is 5.92. The molecule has 39 heavy (non-hydrogen) atoms. The number of benzene rings is 2. The van der Waals surface area contributed by atoms with Crippen molar-refractivity contribution in [3.8, 4) is 23.1 Å². The Kier molecular flexibility index (Phi) is 8.61. The van der Waals surface area contributed by atoms with Crippen molar-refractivity contribution < 1.29 is 23.8 Å². The number of nitrogens with zero attached hydrogens (tertiary/aromatic N) is 2. The molecule has 0 unspecified atom stereocenters. The monoisotopic (exact) mass is 529 g/mol. The van der Waals surface area contributed by atoms with Gasteiger partial charge in [-0.15, -0.1) is 0 Å². The zero-order valence-corrected chi connectivity index (χ0v) is 22.3. The summed E-state index contributed by atoms with van der Waals surface area (Å²) in [5.74, 6) is 2.63. The first-order chi connectivity index (χ1) is 19.0. The highest BCUT2D eigenvalue weighted by Gasteiger charge is 2.25. The summed E-state index contributed by atoms with van der Waals surface area (Å²) in [5.41, 5.74) is 1.80. The van der Waals surface area contributed by atoms with Crippen LogP contribution in [0, 0.1) is 12.8 Å². The molecule has 0 spiro atoms. The van der Waals surface area contributed by atoms with E-state index < -0.39 is 0 Å². The molecular weight excluding hydrogens is 494 g/mol. The molecule has 8 nitrogen and oxygen atoms in total. The minimum absolute atomic E-state index is 0.0200. The highest BCUT2D eigenvalue weighted by atomic mass is 16.6. The van der Waals surface area contributed by atoms with Gasteiger partial charge >= 0.3 is 6.09 Å². The Bertz CT molecular complexity index is 1230. The number of aromatic nitrogens is 1. The Labute approximate surface area is 229 Å². The average molecular weight is 530 g/mol. The average Bonchev–Trinajstić information content (AvgIpc) is 2.97. The van der Waals surface area contributed by atoms with E-state index in [-0.39, 0.29) is 24.0 Å². The summed E-state index contributed by atoms with van der Waals surface area (Å²) in [6, 6.07) is 18.2. The third-order valence-electron chi connectivity index (χ3n) is 7.24. The molecule has 1 aliphatic carbocycles. The van der Waals surface area contributed by atoms with Gasteiger partial charge in [0.25, 0.3) is 0 Å². The molecule has 1 saturated carbocycles. The summed E-state index contributed by atoms with van der Waals surface area (Å²) in [4.78, 5) is 31.1. The normalized spacial score (nSPS) is 16.4. The number of hydrogen-bond acceptors (Lipinski definition) is 6. The Hall–Kier alpha value is -4.07. The van der Waals surface area contributed by atoms with Crippen LogP contribution in [0.4, 0.5) is 10.5 Å². The number of carbonyl (C=O) groups is 2. The second-order valence-electron chi connectivity index (χ2n) is 10.3. The van der Waals surface area contributed by atoms with E-state index in [0.29, 0.717) is 43.3 Å². The van der Waals surface area contributed by atoms with E-state index >= 15 is 0 Å². The molecule has 2 fully saturated rings. The molecule has 2 amide bonds. The summed E-state index contributed by atoms with van der Waals surface area (Å²) in [5, 5.41) is 2.98. The number of aryl methyl sites for hydroxylation is 1. The minimum Gasteiger partial charge on any atom is -0.490 e. The first kappa shape index (κ1) is 26.5. The van der Waals surface area contributed by atoms with E-state index in [1.54, 1.807) is 35.4 Å². The Morgan fingerprint density at radius 2 is 1.49 bits per heavy atom. The van der Waals surface area contributed by atoms with Crippen molar-refractivity contribution in [3.05, 3.63) is 72.4 Å². The molecule has 5 rings (SSSR count). The third kappa shape index (κ3) is 7.50. The molecule has 2 heterocycles. The van der Waals surface area contributed by atoms with Gasteiger partial charge in [0, 0.05) is 49.8 Å². The Morgan fingerprint density at radius 3 is 2.15 bits per heavy atom. The number of carbonyl (C=O) groups excluding carboxylic acids is 2. The molecule has 1 aliphatic heterocycles. The molecule has 2 aliphatic rings. The van der Waals surface area contributed by atoms with Crippen molar-refractivity contribution in [3.63, 3.8) is 0 Å². The standard InChI is InChI=1S/C31H35N3O5/c1-22-7-16-29(32-21-22)38-26-14-12-25(13-15-26)37-28-17-19-34(20-18-28)31(36)39-27-10-8-24(9-11-27)33-30(35)23-5-3-2-4-6-23/h7-16,21,23,28H,2-6,17-20H2,1H3,(H,33,35). The van der Waals surface area contributed by atoms with Crippen molar-refractivity contribution in [2.24, 2.45) is 5.92 Å². The molecule has 2 aromatic carbocycles. The number of amides is 2. The number of anilines is 1. The quantitative estimate of drug-likeness (QED) is 0.364. The van der Waals surface area contributed by atoms with E-state index in [9.17, 15) is 9.59 Å². The molecule has 204 valence electrons. The van der Waals surface area contributed by atoms with Gasteiger partial charge in [0.15, 0.2) is 0 Å².